The molecule has 0 bridgehead atoms. The first-order valence-corrected chi connectivity index (χ1v) is 7.55. The van der Waals surface area contributed by atoms with E-state index in [4.69, 9.17) is 22.9 Å². The third-order valence-electron chi connectivity index (χ3n) is 3.88. The van der Waals surface area contributed by atoms with Gasteiger partial charge in [-0.15, -0.1) is 0 Å². The number of pyridine rings is 2. The summed E-state index contributed by atoms with van der Waals surface area (Å²) < 4.78 is 0. The predicted octanol–water partition coefficient (Wildman–Crippen LogP) is 2.77. The Morgan fingerprint density at radius 2 is 2.10 bits per heavy atom. The lowest BCUT2D eigenvalue weighted by Gasteiger charge is -2.18. The largest absolute Gasteiger partial charge is 0.389 e. The zero-order chi connectivity index (χ0) is 14.8. The summed E-state index contributed by atoms with van der Waals surface area (Å²) in [5, 5.41) is 3.43. The number of aryl methyl sites for hydroxylation is 2. The van der Waals surface area contributed by atoms with Crippen LogP contribution in [0.5, 0.6) is 0 Å². The Morgan fingerprint density at radius 1 is 1.33 bits per heavy atom. The van der Waals surface area contributed by atoms with Crippen LogP contribution in [0.3, 0.4) is 0 Å². The average molecular weight is 298 g/mol. The van der Waals surface area contributed by atoms with Gasteiger partial charge in [0.2, 0.25) is 0 Å². The first-order valence-electron chi connectivity index (χ1n) is 7.14. The van der Waals surface area contributed by atoms with Crippen LogP contribution in [-0.4, -0.2) is 15.0 Å². The number of nitrogens with two attached hydrogens (primary N) is 1. The normalized spacial score (nSPS) is 14.5. The molecule has 1 atom stereocenters. The monoisotopic (exact) mass is 298 g/mol. The summed E-state index contributed by atoms with van der Waals surface area (Å²) in [6.07, 6.45) is 6.84. The fourth-order valence-corrected chi connectivity index (χ4v) is 2.87. The van der Waals surface area contributed by atoms with Gasteiger partial charge in [0.1, 0.15) is 10.8 Å². The molecule has 21 heavy (non-hydrogen) atoms. The SMILES string of the molecule is CC(Nc1nc2c(cc1C(N)=S)CCC2)c1ccncc1. The predicted molar refractivity (Wildman–Crippen MR) is 88.4 cm³/mol. The van der Waals surface area contributed by atoms with Gasteiger partial charge in [0.05, 0.1) is 11.6 Å². The second kappa shape index (κ2) is 5.77. The number of hydrogen-bond acceptors (Lipinski definition) is 4. The molecule has 5 heteroatoms. The van der Waals surface area contributed by atoms with Crippen molar-refractivity contribution in [1.82, 2.24) is 9.97 Å². The minimum Gasteiger partial charge on any atom is -0.389 e. The van der Waals surface area contributed by atoms with Crippen molar-refractivity contribution >= 4 is 23.0 Å². The smallest absolute Gasteiger partial charge is 0.137 e. The highest BCUT2D eigenvalue weighted by Gasteiger charge is 2.18. The van der Waals surface area contributed by atoms with Crippen molar-refractivity contribution in [2.24, 2.45) is 5.73 Å². The minimum atomic E-state index is 0.119. The number of nitrogens with zero attached hydrogens (tertiary/aromatic N) is 2. The molecule has 108 valence electrons. The Bertz CT molecular complexity index is 669. The highest BCUT2D eigenvalue weighted by atomic mass is 32.1. The van der Waals surface area contributed by atoms with Gasteiger partial charge in [-0.2, -0.15) is 0 Å². The average Bonchev–Trinajstić information content (AvgIpc) is 2.94. The molecule has 0 aliphatic heterocycles. The van der Waals surface area contributed by atoms with Gasteiger partial charge in [-0.25, -0.2) is 4.98 Å². The van der Waals surface area contributed by atoms with Crippen molar-refractivity contribution in [3.8, 4) is 0 Å². The molecule has 2 aromatic heterocycles. The van der Waals surface area contributed by atoms with Gasteiger partial charge in [-0.3, -0.25) is 4.98 Å². The van der Waals surface area contributed by atoms with Crippen molar-refractivity contribution in [3.63, 3.8) is 0 Å². The van der Waals surface area contributed by atoms with Crippen LogP contribution in [0.2, 0.25) is 0 Å². The van der Waals surface area contributed by atoms with Crippen LogP contribution in [0.1, 0.15) is 41.8 Å². The van der Waals surface area contributed by atoms with E-state index in [0.717, 1.165) is 36.2 Å². The van der Waals surface area contributed by atoms with Crippen LogP contribution in [0.4, 0.5) is 5.82 Å². The molecule has 0 fully saturated rings. The van der Waals surface area contributed by atoms with E-state index in [2.05, 4.69) is 23.3 Å². The zero-order valence-corrected chi connectivity index (χ0v) is 12.8. The van der Waals surface area contributed by atoms with Crippen LogP contribution < -0.4 is 11.1 Å². The van der Waals surface area contributed by atoms with E-state index in [1.54, 1.807) is 12.4 Å². The van der Waals surface area contributed by atoms with Gasteiger partial charge in [0.15, 0.2) is 0 Å². The van der Waals surface area contributed by atoms with Crippen molar-refractivity contribution in [2.75, 3.05) is 5.32 Å². The van der Waals surface area contributed by atoms with Crippen LogP contribution in [0.15, 0.2) is 30.6 Å². The highest BCUT2D eigenvalue weighted by Crippen LogP contribution is 2.27. The summed E-state index contributed by atoms with van der Waals surface area (Å²) in [7, 11) is 0. The Kier molecular flexibility index (Phi) is 3.84. The Balaban J connectivity index is 1.93. The summed E-state index contributed by atoms with van der Waals surface area (Å²) in [6.45, 7) is 2.09. The summed E-state index contributed by atoms with van der Waals surface area (Å²) in [5.74, 6) is 0.785. The van der Waals surface area contributed by atoms with Crippen molar-refractivity contribution < 1.29 is 0 Å². The van der Waals surface area contributed by atoms with Gasteiger partial charge in [0, 0.05) is 18.1 Å². The molecule has 0 aromatic carbocycles. The molecule has 1 unspecified atom stereocenters. The number of anilines is 1. The molecule has 3 N–H and O–H groups in total. The zero-order valence-electron chi connectivity index (χ0n) is 12.0. The molecule has 1 aliphatic rings. The van der Waals surface area contributed by atoms with E-state index in [9.17, 15) is 0 Å². The number of fused-ring (bicyclic) bond motifs is 1. The number of aromatic nitrogens is 2. The molecule has 0 amide bonds. The Morgan fingerprint density at radius 3 is 2.81 bits per heavy atom. The van der Waals surface area contributed by atoms with Crippen molar-refractivity contribution in [2.45, 2.75) is 32.2 Å². The van der Waals surface area contributed by atoms with E-state index in [0.29, 0.717) is 4.99 Å². The third kappa shape index (κ3) is 2.88. The lowest BCUT2D eigenvalue weighted by Crippen LogP contribution is -2.17. The summed E-state index contributed by atoms with van der Waals surface area (Å²) >= 11 is 5.18. The molecule has 0 saturated heterocycles. The maximum atomic E-state index is 5.86. The molecule has 1 aliphatic carbocycles. The van der Waals surface area contributed by atoms with Gasteiger partial charge < -0.3 is 11.1 Å². The number of hydrogen-bond donors (Lipinski definition) is 2. The van der Waals surface area contributed by atoms with Crippen molar-refractivity contribution in [1.29, 1.82) is 0 Å². The maximum Gasteiger partial charge on any atom is 0.137 e. The lowest BCUT2D eigenvalue weighted by atomic mass is 10.1. The van der Waals surface area contributed by atoms with Gasteiger partial charge in [-0.05, 0) is 55.5 Å². The van der Waals surface area contributed by atoms with E-state index >= 15 is 0 Å². The molecule has 0 saturated carbocycles. The number of thiocarbonyl (C=S) groups is 1. The molecule has 0 spiro atoms. The topological polar surface area (TPSA) is 63.8 Å². The van der Waals surface area contributed by atoms with Crippen molar-refractivity contribution in [3.05, 3.63) is 53.0 Å². The highest BCUT2D eigenvalue weighted by molar-refractivity contribution is 7.80. The first kappa shape index (κ1) is 13.9. The van der Waals surface area contributed by atoms with Crippen LogP contribution >= 0.6 is 12.2 Å². The molecule has 2 heterocycles. The van der Waals surface area contributed by atoms with E-state index in [1.807, 2.05) is 12.1 Å². The summed E-state index contributed by atoms with van der Waals surface area (Å²) in [5.41, 5.74) is 10.3. The Labute approximate surface area is 129 Å². The molecule has 3 rings (SSSR count). The maximum absolute atomic E-state index is 5.86. The molecule has 4 nitrogen and oxygen atoms in total. The van der Waals surface area contributed by atoms with Gasteiger partial charge in [0.25, 0.3) is 0 Å². The number of nitrogens with one attached hydrogen (secondary N) is 1. The minimum absolute atomic E-state index is 0.119. The lowest BCUT2D eigenvalue weighted by molar-refractivity contribution is 0.862. The quantitative estimate of drug-likeness (QED) is 0.850. The van der Waals surface area contributed by atoms with Gasteiger partial charge >= 0.3 is 0 Å². The molecule has 2 aromatic rings. The van der Waals surface area contributed by atoms with Gasteiger partial charge in [-0.1, -0.05) is 12.2 Å². The molecular formula is C16H18N4S. The van der Waals surface area contributed by atoms with E-state index in [1.165, 1.54) is 11.3 Å². The number of rotatable bonds is 4. The fraction of sp³-hybridized carbons (Fsp3) is 0.312. The fourth-order valence-electron chi connectivity index (χ4n) is 2.71. The summed E-state index contributed by atoms with van der Waals surface area (Å²) in [6, 6.07) is 6.20. The van der Waals surface area contributed by atoms with E-state index < -0.39 is 0 Å². The Hall–Kier alpha value is -2.01. The first-order chi connectivity index (χ1) is 10.1. The summed E-state index contributed by atoms with van der Waals surface area (Å²) in [4.78, 5) is 9.18. The van der Waals surface area contributed by atoms with E-state index in [-0.39, 0.29) is 6.04 Å². The van der Waals surface area contributed by atoms with Crippen LogP contribution in [-0.2, 0) is 12.8 Å². The molecule has 0 radical (unpaired) electrons. The van der Waals surface area contributed by atoms with Crippen LogP contribution in [0, 0.1) is 0 Å². The second-order valence-electron chi connectivity index (χ2n) is 5.35. The second-order valence-corrected chi connectivity index (χ2v) is 5.79. The molecular weight excluding hydrogens is 280 g/mol. The standard InChI is InChI=1S/C16H18N4S/c1-10(11-5-7-18-8-6-11)19-16-13(15(17)21)9-12-3-2-4-14(12)20-16/h5-10H,2-4H2,1H3,(H2,17,21)(H,19,20). The third-order valence-corrected chi connectivity index (χ3v) is 4.10. The van der Waals surface area contributed by atoms with Crippen LogP contribution in [0.25, 0.3) is 0 Å².